The van der Waals surface area contributed by atoms with Gasteiger partial charge >= 0.3 is 0 Å². The van der Waals surface area contributed by atoms with Gasteiger partial charge in [0.25, 0.3) is 0 Å². The number of hydrogen-bond donors (Lipinski definition) is 1. The van der Waals surface area contributed by atoms with Crippen LogP contribution in [0.25, 0.3) is 0 Å². The lowest BCUT2D eigenvalue weighted by molar-refractivity contribution is 0.121. The van der Waals surface area contributed by atoms with Crippen LogP contribution in [0.15, 0.2) is 0 Å². The fourth-order valence-electron chi connectivity index (χ4n) is 2.25. The Morgan fingerprint density at radius 3 is 2.67 bits per heavy atom. The summed E-state index contributed by atoms with van der Waals surface area (Å²) < 4.78 is 5.67. The van der Waals surface area contributed by atoms with Crippen LogP contribution in [0.4, 0.5) is 0 Å². The fourth-order valence-corrected chi connectivity index (χ4v) is 3.40. The molecule has 0 amide bonds. The Morgan fingerprint density at radius 2 is 2.10 bits per heavy atom. The van der Waals surface area contributed by atoms with Crippen molar-refractivity contribution in [2.45, 2.75) is 65.3 Å². The highest BCUT2D eigenvalue weighted by molar-refractivity contribution is 7.12. The van der Waals surface area contributed by atoms with Gasteiger partial charge in [0.2, 0.25) is 0 Å². The van der Waals surface area contributed by atoms with Crippen molar-refractivity contribution in [2.75, 3.05) is 19.8 Å². The lowest BCUT2D eigenvalue weighted by Crippen LogP contribution is -2.21. The Balaban J connectivity index is 1.71. The highest BCUT2D eigenvalue weighted by atomic mass is 32.1. The van der Waals surface area contributed by atoms with E-state index in [1.165, 1.54) is 28.4 Å². The van der Waals surface area contributed by atoms with Gasteiger partial charge in [-0.05, 0) is 45.6 Å². The standard InChI is InChI=1S/C17H30N2OS/c1-12(18-9-6-10-20-11-14-7-8-14)15-13(2)19-16(21-15)17(3,4)5/h12,14,18H,6-11H2,1-5H3. The van der Waals surface area contributed by atoms with Gasteiger partial charge in [0, 0.05) is 29.5 Å². The van der Waals surface area contributed by atoms with Crippen molar-refractivity contribution in [3.05, 3.63) is 15.6 Å². The Bertz CT molecular complexity index is 446. The highest BCUT2D eigenvalue weighted by Crippen LogP contribution is 2.32. The zero-order valence-corrected chi connectivity index (χ0v) is 15.0. The second-order valence-electron chi connectivity index (χ2n) is 7.27. The van der Waals surface area contributed by atoms with Gasteiger partial charge in [-0.2, -0.15) is 0 Å². The van der Waals surface area contributed by atoms with Crippen molar-refractivity contribution in [2.24, 2.45) is 5.92 Å². The number of nitrogens with one attached hydrogen (secondary N) is 1. The third kappa shape index (κ3) is 5.35. The van der Waals surface area contributed by atoms with Gasteiger partial charge in [-0.3, -0.25) is 0 Å². The molecule has 3 nitrogen and oxygen atoms in total. The average Bonchev–Trinajstić information content (AvgIpc) is 3.13. The molecule has 1 aromatic rings. The summed E-state index contributed by atoms with van der Waals surface area (Å²) in [6, 6.07) is 0.377. The van der Waals surface area contributed by atoms with Gasteiger partial charge in [0.1, 0.15) is 0 Å². The summed E-state index contributed by atoms with van der Waals surface area (Å²) in [7, 11) is 0. The Labute approximate surface area is 133 Å². The van der Waals surface area contributed by atoms with E-state index in [1.807, 2.05) is 11.3 Å². The molecule has 0 spiro atoms. The monoisotopic (exact) mass is 310 g/mol. The molecular formula is C17H30N2OS. The quantitative estimate of drug-likeness (QED) is 0.730. The van der Waals surface area contributed by atoms with Crippen LogP contribution in [0.1, 0.15) is 68.6 Å². The van der Waals surface area contributed by atoms with Gasteiger partial charge in [0.15, 0.2) is 0 Å². The van der Waals surface area contributed by atoms with Crippen molar-refractivity contribution in [3.8, 4) is 0 Å². The van der Waals surface area contributed by atoms with E-state index in [9.17, 15) is 0 Å². The number of nitrogens with zero attached hydrogens (tertiary/aromatic N) is 1. The molecule has 1 unspecified atom stereocenters. The summed E-state index contributed by atoms with van der Waals surface area (Å²) in [6.07, 6.45) is 3.83. The molecule has 2 rings (SSSR count). The first-order valence-corrected chi connectivity index (χ1v) is 8.98. The number of thiazole rings is 1. The van der Waals surface area contributed by atoms with Crippen LogP contribution in [-0.2, 0) is 10.2 Å². The topological polar surface area (TPSA) is 34.2 Å². The minimum atomic E-state index is 0.143. The van der Waals surface area contributed by atoms with Crippen LogP contribution in [0.3, 0.4) is 0 Å². The van der Waals surface area contributed by atoms with Gasteiger partial charge in [0.05, 0.1) is 10.7 Å². The Morgan fingerprint density at radius 1 is 1.38 bits per heavy atom. The number of aryl methyl sites for hydroxylation is 1. The summed E-state index contributed by atoms with van der Waals surface area (Å²) in [5.74, 6) is 0.868. The van der Waals surface area contributed by atoms with E-state index in [0.29, 0.717) is 6.04 Å². The zero-order valence-electron chi connectivity index (χ0n) is 14.2. The maximum Gasteiger partial charge on any atom is 0.0985 e. The fraction of sp³-hybridized carbons (Fsp3) is 0.824. The van der Waals surface area contributed by atoms with Gasteiger partial charge in [-0.25, -0.2) is 4.98 Å². The molecule has 0 aliphatic heterocycles. The second kappa shape index (κ2) is 7.21. The molecule has 0 radical (unpaired) electrons. The summed E-state index contributed by atoms with van der Waals surface area (Å²) in [6.45, 7) is 13.9. The van der Waals surface area contributed by atoms with Gasteiger partial charge in [-0.1, -0.05) is 20.8 Å². The largest absolute Gasteiger partial charge is 0.381 e. The Hall–Kier alpha value is -0.450. The summed E-state index contributed by atoms with van der Waals surface area (Å²) in [5.41, 5.74) is 1.32. The van der Waals surface area contributed by atoms with Gasteiger partial charge in [-0.15, -0.1) is 11.3 Å². The third-order valence-corrected chi connectivity index (χ3v) is 5.60. The molecule has 1 heterocycles. The predicted molar refractivity (Wildman–Crippen MR) is 90.1 cm³/mol. The molecule has 1 atom stereocenters. The lowest BCUT2D eigenvalue weighted by atomic mass is 9.98. The molecule has 1 aliphatic rings. The van der Waals surface area contributed by atoms with Crippen LogP contribution in [0, 0.1) is 12.8 Å². The van der Waals surface area contributed by atoms with Crippen molar-refractivity contribution in [1.82, 2.24) is 10.3 Å². The van der Waals surface area contributed by atoms with E-state index in [2.05, 4.69) is 39.9 Å². The molecule has 0 bridgehead atoms. The minimum absolute atomic E-state index is 0.143. The molecule has 21 heavy (non-hydrogen) atoms. The Kier molecular flexibility index (Phi) is 5.81. The molecular weight excluding hydrogens is 280 g/mol. The van der Waals surface area contributed by atoms with E-state index in [1.54, 1.807) is 0 Å². The molecule has 0 saturated heterocycles. The number of aromatic nitrogens is 1. The first-order valence-electron chi connectivity index (χ1n) is 8.17. The lowest BCUT2D eigenvalue weighted by Gasteiger charge is -2.14. The van der Waals surface area contributed by atoms with Crippen LogP contribution in [0.5, 0.6) is 0 Å². The summed E-state index contributed by atoms with van der Waals surface area (Å²) in [4.78, 5) is 6.11. The molecule has 0 aromatic carbocycles. The molecule has 1 saturated carbocycles. The van der Waals surface area contributed by atoms with Crippen molar-refractivity contribution >= 4 is 11.3 Å². The predicted octanol–water partition coefficient (Wildman–Crippen LogP) is 4.22. The molecule has 1 fully saturated rings. The molecule has 1 aromatic heterocycles. The van der Waals surface area contributed by atoms with Crippen LogP contribution >= 0.6 is 11.3 Å². The zero-order chi connectivity index (χ0) is 15.5. The molecule has 120 valence electrons. The smallest absolute Gasteiger partial charge is 0.0985 e. The average molecular weight is 311 g/mol. The van der Waals surface area contributed by atoms with Crippen LogP contribution in [-0.4, -0.2) is 24.7 Å². The van der Waals surface area contributed by atoms with E-state index in [-0.39, 0.29) is 5.41 Å². The van der Waals surface area contributed by atoms with E-state index >= 15 is 0 Å². The molecule has 1 aliphatic carbocycles. The maximum absolute atomic E-state index is 5.67. The second-order valence-corrected chi connectivity index (χ2v) is 8.30. The van der Waals surface area contributed by atoms with E-state index < -0.39 is 0 Å². The SMILES string of the molecule is Cc1nc(C(C)(C)C)sc1C(C)NCCCOCC1CC1. The first kappa shape index (κ1) is 16.9. The summed E-state index contributed by atoms with van der Waals surface area (Å²) >= 11 is 1.85. The van der Waals surface area contributed by atoms with Crippen LogP contribution in [0.2, 0.25) is 0 Å². The third-order valence-electron chi connectivity index (χ3n) is 3.83. The van der Waals surface area contributed by atoms with Gasteiger partial charge < -0.3 is 10.1 Å². The van der Waals surface area contributed by atoms with E-state index in [4.69, 9.17) is 9.72 Å². The first-order chi connectivity index (χ1) is 9.88. The number of rotatable bonds is 8. The number of ether oxygens (including phenoxy) is 1. The molecule has 4 heteroatoms. The molecule has 1 N–H and O–H groups in total. The van der Waals surface area contributed by atoms with Crippen LogP contribution < -0.4 is 5.32 Å². The van der Waals surface area contributed by atoms with Crippen molar-refractivity contribution < 1.29 is 4.74 Å². The highest BCUT2D eigenvalue weighted by Gasteiger charge is 2.22. The summed E-state index contributed by atoms with van der Waals surface area (Å²) in [5, 5.41) is 4.83. The maximum atomic E-state index is 5.67. The van der Waals surface area contributed by atoms with E-state index in [0.717, 1.165) is 32.1 Å². The normalized spacial score (nSPS) is 17.2. The number of hydrogen-bond acceptors (Lipinski definition) is 4. The van der Waals surface area contributed by atoms with Crippen molar-refractivity contribution in [1.29, 1.82) is 0 Å². The minimum Gasteiger partial charge on any atom is -0.381 e. The van der Waals surface area contributed by atoms with Crippen molar-refractivity contribution in [3.63, 3.8) is 0 Å².